The maximum atomic E-state index is 11.8. The third-order valence-electron chi connectivity index (χ3n) is 3.48. The fraction of sp³-hybridized carbons (Fsp3) is 0.158. The quantitative estimate of drug-likeness (QED) is 0.632. The lowest BCUT2D eigenvalue weighted by Crippen LogP contribution is -2.05. The van der Waals surface area contributed by atoms with E-state index in [1.54, 1.807) is 6.08 Å². The van der Waals surface area contributed by atoms with Gasteiger partial charge in [0.25, 0.3) is 0 Å². The van der Waals surface area contributed by atoms with Crippen LogP contribution in [0.25, 0.3) is 6.08 Å². The van der Waals surface area contributed by atoms with Crippen LogP contribution in [0.4, 0.5) is 0 Å². The number of esters is 1. The van der Waals surface area contributed by atoms with Gasteiger partial charge in [-0.05, 0) is 30.5 Å². The maximum absolute atomic E-state index is 11.8. The fourth-order valence-electron chi connectivity index (χ4n) is 2.39. The summed E-state index contributed by atoms with van der Waals surface area (Å²) < 4.78 is 5.24. The van der Waals surface area contributed by atoms with Crippen LogP contribution in [0.15, 0.2) is 65.3 Å². The molecule has 2 aromatic rings. The molecule has 0 aliphatic carbocycles. The van der Waals surface area contributed by atoms with Crippen molar-refractivity contribution in [2.24, 2.45) is 4.99 Å². The van der Waals surface area contributed by atoms with Gasteiger partial charge in [-0.15, -0.1) is 0 Å². The molecule has 22 heavy (non-hydrogen) atoms. The normalized spacial score (nSPS) is 15.8. The van der Waals surface area contributed by atoms with Crippen molar-refractivity contribution in [3.8, 4) is 0 Å². The smallest absolute Gasteiger partial charge is 0.363 e. The summed E-state index contributed by atoms with van der Waals surface area (Å²) in [5.41, 5.74) is 3.76. The van der Waals surface area contributed by atoms with Gasteiger partial charge in [-0.3, -0.25) is 0 Å². The van der Waals surface area contributed by atoms with Gasteiger partial charge in [-0.1, -0.05) is 60.2 Å². The van der Waals surface area contributed by atoms with E-state index in [0.29, 0.717) is 18.0 Å². The molecule has 0 aromatic heterocycles. The molecule has 0 saturated carbocycles. The Kier molecular flexibility index (Phi) is 4.15. The summed E-state index contributed by atoms with van der Waals surface area (Å²) in [7, 11) is 0. The molecule has 0 atom stereocenters. The molecule has 0 amide bonds. The minimum Gasteiger partial charge on any atom is -0.407 e. The van der Waals surface area contributed by atoms with Gasteiger partial charge < -0.3 is 4.74 Å². The lowest BCUT2D eigenvalue weighted by molar-refractivity contribution is -0.130. The highest BCUT2D eigenvalue weighted by molar-refractivity contribution is 6.07. The highest BCUT2D eigenvalue weighted by Gasteiger charge is 2.22. The Balaban J connectivity index is 1.69. The number of carbonyl (C=O) groups excluding carboxylic acids is 1. The molecule has 1 heterocycles. The molecule has 3 nitrogen and oxygen atoms in total. The number of aliphatic imine (C=N–C) groups is 1. The molecule has 0 N–H and O–H groups in total. The molecule has 0 fully saturated rings. The summed E-state index contributed by atoms with van der Waals surface area (Å²) in [5.74, 6) is 0.122. The molecule has 3 heteroatoms. The van der Waals surface area contributed by atoms with E-state index in [1.807, 2.05) is 36.4 Å². The number of aryl methyl sites for hydroxylation is 2. The first kappa shape index (κ1) is 14.3. The summed E-state index contributed by atoms with van der Waals surface area (Å²) in [4.78, 5) is 16.2. The van der Waals surface area contributed by atoms with Crippen molar-refractivity contribution in [3.05, 3.63) is 77.0 Å². The number of hydrogen-bond donors (Lipinski definition) is 0. The van der Waals surface area contributed by atoms with E-state index in [0.717, 1.165) is 12.0 Å². The average Bonchev–Trinajstić information content (AvgIpc) is 2.87. The highest BCUT2D eigenvalue weighted by Crippen LogP contribution is 2.18. The third-order valence-corrected chi connectivity index (χ3v) is 3.48. The molecule has 0 unspecified atom stereocenters. The molecule has 0 saturated heterocycles. The number of ether oxygens (including phenoxy) is 1. The van der Waals surface area contributed by atoms with Crippen molar-refractivity contribution in [2.45, 2.75) is 19.8 Å². The number of hydrogen-bond acceptors (Lipinski definition) is 3. The van der Waals surface area contributed by atoms with E-state index < -0.39 is 0 Å². The van der Waals surface area contributed by atoms with E-state index >= 15 is 0 Å². The highest BCUT2D eigenvalue weighted by atomic mass is 16.6. The van der Waals surface area contributed by atoms with Crippen molar-refractivity contribution in [1.82, 2.24) is 0 Å². The Morgan fingerprint density at radius 2 is 1.86 bits per heavy atom. The maximum Gasteiger partial charge on any atom is 0.363 e. The van der Waals surface area contributed by atoms with Crippen LogP contribution in [0.1, 0.15) is 23.1 Å². The van der Waals surface area contributed by atoms with Gasteiger partial charge in [-0.2, -0.15) is 0 Å². The first-order valence-electron chi connectivity index (χ1n) is 7.33. The average molecular weight is 291 g/mol. The molecule has 2 aromatic carbocycles. The summed E-state index contributed by atoms with van der Waals surface area (Å²) >= 11 is 0. The first-order valence-corrected chi connectivity index (χ1v) is 7.33. The second-order valence-corrected chi connectivity index (χ2v) is 5.32. The van der Waals surface area contributed by atoms with Gasteiger partial charge in [0.15, 0.2) is 11.6 Å². The molecule has 110 valence electrons. The zero-order valence-corrected chi connectivity index (χ0v) is 12.5. The predicted octanol–water partition coefficient (Wildman–Crippen LogP) is 3.92. The molecule has 0 bridgehead atoms. The summed E-state index contributed by atoms with van der Waals surface area (Å²) in [6.45, 7) is 2.07. The molecule has 1 aliphatic heterocycles. The Morgan fingerprint density at radius 3 is 2.64 bits per heavy atom. The number of benzene rings is 2. The van der Waals surface area contributed by atoms with Crippen molar-refractivity contribution in [2.75, 3.05) is 0 Å². The molecule has 0 spiro atoms. The minimum atomic E-state index is -0.372. The Labute approximate surface area is 130 Å². The number of rotatable bonds is 4. The second-order valence-electron chi connectivity index (χ2n) is 5.32. The molecule has 0 radical (unpaired) electrons. The lowest BCUT2D eigenvalue weighted by atomic mass is 10.1. The van der Waals surface area contributed by atoms with Crippen LogP contribution in [0.2, 0.25) is 0 Å². The van der Waals surface area contributed by atoms with Crippen LogP contribution in [0.5, 0.6) is 0 Å². The number of carbonyl (C=O) groups is 1. The van der Waals surface area contributed by atoms with E-state index in [4.69, 9.17) is 4.74 Å². The largest absolute Gasteiger partial charge is 0.407 e. The number of nitrogens with zero attached hydrogens (tertiary/aromatic N) is 1. The van der Waals surface area contributed by atoms with Crippen molar-refractivity contribution in [3.63, 3.8) is 0 Å². The summed E-state index contributed by atoms with van der Waals surface area (Å²) in [5, 5.41) is 0. The van der Waals surface area contributed by atoms with Gasteiger partial charge in [0.2, 0.25) is 0 Å². The minimum absolute atomic E-state index is 0.366. The molecule has 1 aliphatic rings. The van der Waals surface area contributed by atoms with E-state index in [9.17, 15) is 4.79 Å². The van der Waals surface area contributed by atoms with Crippen molar-refractivity contribution in [1.29, 1.82) is 0 Å². The van der Waals surface area contributed by atoms with Gasteiger partial charge in [-0.25, -0.2) is 9.79 Å². The Hall–Kier alpha value is -2.68. The summed E-state index contributed by atoms with van der Waals surface area (Å²) in [6, 6.07) is 18.0. The van der Waals surface area contributed by atoms with Crippen LogP contribution >= 0.6 is 0 Å². The topological polar surface area (TPSA) is 38.7 Å². The zero-order chi connectivity index (χ0) is 15.4. The van der Waals surface area contributed by atoms with Crippen LogP contribution in [-0.2, 0) is 16.0 Å². The van der Waals surface area contributed by atoms with E-state index in [2.05, 4.69) is 30.1 Å². The van der Waals surface area contributed by atoms with Crippen LogP contribution in [-0.4, -0.2) is 11.9 Å². The zero-order valence-electron chi connectivity index (χ0n) is 12.5. The Bertz CT molecular complexity index is 745. The third kappa shape index (κ3) is 3.50. The van der Waals surface area contributed by atoms with Crippen LogP contribution < -0.4 is 0 Å². The van der Waals surface area contributed by atoms with Crippen molar-refractivity contribution >= 4 is 17.9 Å². The molecular weight excluding hydrogens is 274 g/mol. The first-order chi connectivity index (χ1) is 10.7. The SMILES string of the molecule is Cc1cccc(CCC2=N/C(=C/c3ccccc3)C(=O)O2)c1. The Morgan fingerprint density at radius 1 is 1.05 bits per heavy atom. The summed E-state index contributed by atoms with van der Waals surface area (Å²) in [6.07, 6.45) is 3.19. The van der Waals surface area contributed by atoms with Crippen molar-refractivity contribution < 1.29 is 9.53 Å². The number of cyclic esters (lactones) is 1. The van der Waals surface area contributed by atoms with Gasteiger partial charge >= 0.3 is 5.97 Å². The van der Waals surface area contributed by atoms with Crippen LogP contribution in [0.3, 0.4) is 0 Å². The lowest BCUT2D eigenvalue weighted by Gasteiger charge is -2.01. The van der Waals surface area contributed by atoms with Gasteiger partial charge in [0, 0.05) is 6.42 Å². The van der Waals surface area contributed by atoms with E-state index in [-0.39, 0.29) is 5.97 Å². The van der Waals surface area contributed by atoms with Gasteiger partial charge in [0.05, 0.1) is 0 Å². The van der Waals surface area contributed by atoms with E-state index in [1.165, 1.54) is 11.1 Å². The monoisotopic (exact) mass is 291 g/mol. The standard InChI is InChI=1S/C19H17NO2/c1-14-6-5-9-16(12-14)10-11-18-20-17(19(21)22-18)13-15-7-3-2-4-8-15/h2-9,12-13H,10-11H2,1H3/b17-13+. The second kappa shape index (κ2) is 6.39. The fourth-order valence-corrected chi connectivity index (χ4v) is 2.39. The van der Waals surface area contributed by atoms with Gasteiger partial charge in [0.1, 0.15) is 0 Å². The van der Waals surface area contributed by atoms with Crippen LogP contribution in [0, 0.1) is 6.92 Å². The molecule has 3 rings (SSSR count). The predicted molar refractivity (Wildman–Crippen MR) is 87.4 cm³/mol. The molecular formula is C19H17NO2.